The summed E-state index contributed by atoms with van der Waals surface area (Å²) in [5.41, 5.74) is 2.78. The third-order valence-electron chi connectivity index (χ3n) is 5.78. The number of likely N-dealkylation sites (tertiary alicyclic amines) is 1. The van der Waals surface area contributed by atoms with E-state index in [2.05, 4.69) is 16.7 Å². The van der Waals surface area contributed by atoms with Gasteiger partial charge in [0.15, 0.2) is 5.78 Å². The SMILES string of the molecule is O=C(/C=C/c1cn(C[C@@H](O)C[NH+]2CCCCC2)c2ccccc12)c1ccccc1. The van der Waals surface area contributed by atoms with Gasteiger partial charge in [-0.2, -0.15) is 0 Å². The number of carbonyl (C=O) groups excluding carboxylic acids is 1. The first-order valence-electron chi connectivity index (χ1n) is 10.6. The molecule has 4 heteroatoms. The number of rotatable bonds is 7. The van der Waals surface area contributed by atoms with E-state index in [1.54, 1.807) is 6.08 Å². The molecule has 4 rings (SSSR count). The average molecular weight is 390 g/mol. The number of aliphatic hydroxyl groups excluding tert-OH is 1. The second kappa shape index (κ2) is 9.21. The summed E-state index contributed by atoms with van der Waals surface area (Å²) >= 11 is 0. The van der Waals surface area contributed by atoms with E-state index in [4.69, 9.17) is 0 Å². The molecular weight excluding hydrogens is 360 g/mol. The molecule has 29 heavy (non-hydrogen) atoms. The minimum absolute atomic E-state index is 0.00355. The van der Waals surface area contributed by atoms with Crippen LogP contribution in [-0.2, 0) is 6.54 Å². The molecule has 0 aliphatic carbocycles. The van der Waals surface area contributed by atoms with Crippen molar-refractivity contribution in [2.75, 3.05) is 19.6 Å². The van der Waals surface area contributed by atoms with Crippen molar-refractivity contribution < 1.29 is 14.8 Å². The Balaban J connectivity index is 1.52. The molecule has 2 N–H and O–H groups in total. The summed E-state index contributed by atoms with van der Waals surface area (Å²) in [6, 6.07) is 17.5. The molecule has 0 radical (unpaired) electrons. The fourth-order valence-corrected chi connectivity index (χ4v) is 4.30. The molecule has 4 nitrogen and oxygen atoms in total. The average Bonchev–Trinajstić information content (AvgIpc) is 3.11. The number of piperidine rings is 1. The Kier molecular flexibility index (Phi) is 6.23. The normalized spacial score (nSPS) is 16.4. The van der Waals surface area contributed by atoms with Crippen molar-refractivity contribution in [3.63, 3.8) is 0 Å². The van der Waals surface area contributed by atoms with Crippen molar-refractivity contribution in [3.8, 4) is 0 Å². The Bertz CT molecular complexity index is 984. The molecule has 0 unspecified atom stereocenters. The maximum Gasteiger partial charge on any atom is 0.185 e. The molecule has 1 atom stereocenters. The van der Waals surface area contributed by atoms with Crippen molar-refractivity contribution in [3.05, 3.63) is 78.0 Å². The van der Waals surface area contributed by atoms with Crippen molar-refractivity contribution >= 4 is 22.8 Å². The van der Waals surface area contributed by atoms with Crippen molar-refractivity contribution in [1.29, 1.82) is 0 Å². The van der Waals surface area contributed by atoms with Gasteiger partial charge in [0.05, 0.1) is 19.6 Å². The van der Waals surface area contributed by atoms with Gasteiger partial charge in [-0.3, -0.25) is 4.79 Å². The van der Waals surface area contributed by atoms with Gasteiger partial charge in [-0.25, -0.2) is 0 Å². The molecule has 1 fully saturated rings. The second-order valence-electron chi connectivity index (χ2n) is 7.99. The number of ketones is 1. The standard InChI is InChI=1S/C25H28N2O2/c28-22(18-26-15-7-2-8-16-26)19-27-17-21(23-11-5-6-12-24(23)27)13-14-25(29)20-9-3-1-4-10-20/h1,3-6,9-14,17,22,28H,2,7-8,15-16,18-19H2/p+1/b14-13+/t22-/m0/s1. The number of quaternary nitrogens is 1. The van der Waals surface area contributed by atoms with Crippen LogP contribution in [0.1, 0.15) is 35.2 Å². The van der Waals surface area contributed by atoms with E-state index in [9.17, 15) is 9.90 Å². The fourth-order valence-electron chi connectivity index (χ4n) is 4.30. The molecule has 3 aromatic rings. The van der Waals surface area contributed by atoms with Gasteiger partial charge < -0.3 is 14.6 Å². The lowest BCUT2D eigenvalue weighted by Crippen LogP contribution is -3.13. The Morgan fingerprint density at radius 1 is 1.03 bits per heavy atom. The molecule has 2 aromatic carbocycles. The molecule has 0 saturated carbocycles. The van der Waals surface area contributed by atoms with Gasteiger partial charge in [-0.05, 0) is 37.5 Å². The van der Waals surface area contributed by atoms with Crippen LogP contribution in [0.3, 0.4) is 0 Å². The van der Waals surface area contributed by atoms with Gasteiger partial charge >= 0.3 is 0 Å². The predicted octanol–water partition coefficient (Wildman–Crippen LogP) is 2.97. The molecule has 0 amide bonds. The number of allylic oxidation sites excluding steroid dienone is 1. The summed E-state index contributed by atoms with van der Waals surface area (Å²) in [5, 5.41) is 11.8. The van der Waals surface area contributed by atoms with E-state index in [1.165, 1.54) is 37.3 Å². The van der Waals surface area contributed by atoms with Crippen molar-refractivity contribution in [2.24, 2.45) is 0 Å². The van der Waals surface area contributed by atoms with Crippen molar-refractivity contribution in [1.82, 2.24) is 4.57 Å². The zero-order valence-electron chi connectivity index (χ0n) is 16.8. The summed E-state index contributed by atoms with van der Waals surface area (Å²) in [6.45, 7) is 3.70. The van der Waals surface area contributed by atoms with Gasteiger partial charge in [0.25, 0.3) is 0 Å². The smallest absolute Gasteiger partial charge is 0.185 e. The maximum absolute atomic E-state index is 12.4. The van der Waals surface area contributed by atoms with Crippen LogP contribution < -0.4 is 4.90 Å². The molecule has 1 aliphatic rings. The first kappa shape index (κ1) is 19.6. The first-order chi connectivity index (χ1) is 14.2. The van der Waals surface area contributed by atoms with Gasteiger partial charge in [0.1, 0.15) is 12.6 Å². The van der Waals surface area contributed by atoms with Gasteiger partial charge in [0.2, 0.25) is 0 Å². The molecule has 1 saturated heterocycles. The molecule has 1 aliphatic heterocycles. The number of hydrogen-bond acceptors (Lipinski definition) is 2. The zero-order chi connectivity index (χ0) is 20.1. The van der Waals surface area contributed by atoms with Crippen LogP contribution in [0.4, 0.5) is 0 Å². The summed E-state index contributed by atoms with van der Waals surface area (Å²) < 4.78 is 2.12. The fraction of sp³-hybridized carbons (Fsp3) is 0.320. The minimum Gasteiger partial charge on any atom is -0.385 e. The highest BCUT2D eigenvalue weighted by molar-refractivity contribution is 6.07. The van der Waals surface area contributed by atoms with Crippen LogP contribution in [0.25, 0.3) is 17.0 Å². The molecular formula is C25H29N2O2+. The maximum atomic E-state index is 12.4. The summed E-state index contributed by atoms with van der Waals surface area (Å²) in [4.78, 5) is 13.9. The first-order valence-corrected chi connectivity index (χ1v) is 10.6. The lowest BCUT2D eigenvalue weighted by molar-refractivity contribution is -0.908. The van der Waals surface area contributed by atoms with Gasteiger partial charge in [-0.15, -0.1) is 0 Å². The van der Waals surface area contributed by atoms with E-state index in [-0.39, 0.29) is 11.9 Å². The number of nitrogens with one attached hydrogen (secondary N) is 1. The summed E-state index contributed by atoms with van der Waals surface area (Å²) in [6.07, 6.45) is 9.04. The number of nitrogens with zero attached hydrogens (tertiary/aromatic N) is 1. The molecule has 0 spiro atoms. The minimum atomic E-state index is -0.373. The van der Waals surface area contributed by atoms with Gasteiger partial charge in [-0.1, -0.05) is 48.5 Å². The highest BCUT2D eigenvalue weighted by Gasteiger charge is 2.19. The predicted molar refractivity (Wildman–Crippen MR) is 117 cm³/mol. The summed E-state index contributed by atoms with van der Waals surface area (Å²) in [7, 11) is 0. The number of para-hydroxylation sites is 1. The molecule has 1 aromatic heterocycles. The van der Waals surface area contributed by atoms with Crippen LogP contribution in [0.15, 0.2) is 66.9 Å². The van der Waals surface area contributed by atoms with Crippen LogP contribution in [0, 0.1) is 0 Å². The topological polar surface area (TPSA) is 46.7 Å². The number of benzene rings is 2. The number of aliphatic hydroxyl groups is 1. The Morgan fingerprint density at radius 2 is 1.76 bits per heavy atom. The lowest BCUT2D eigenvalue weighted by Gasteiger charge is -2.25. The largest absolute Gasteiger partial charge is 0.385 e. The van der Waals surface area contributed by atoms with E-state index < -0.39 is 0 Å². The highest BCUT2D eigenvalue weighted by Crippen LogP contribution is 2.23. The monoisotopic (exact) mass is 389 g/mol. The number of carbonyl (C=O) groups is 1. The van der Waals surface area contributed by atoms with E-state index >= 15 is 0 Å². The van der Waals surface area contributed by atoms with E-state index in [1.807, 2.05) is 54.7 Å². The second-order valence-corrected chi connectivity index (χ2v) is 7.99. The lowest BCUT2D eigenvalue weighted by atomic mass is 10.1. The van der Waals surface area contributed by atoms with E-state index in [0.717, 1.165) is 23.0 Å². The Labute approximate surface area is 172 Å². The summed E-state index contributed by atoms with van der Waals surface area (Å²) in [5.74, 6) is -0.00355. The van der Waals surface area contributed by atoms with E-state index in [0.29, 0.717) is 12.1 Å². The number of aromatic nitrogens is 1. The van der Waals surface area contributed by atoms with Crippen LogP contribution in [-0.4, -0.2) is 41.2 Å². The number of hydrogen-bond donors (Lipinski definition) is 2. The third-order valence-corrected chi connectivity index (χ3v) is 5.78. The van der Waals surface area contributed by atoms with Crippen LogP contribution in [0.5, 0.6) is 0 Å². The van der Waals surface area contributed by atoms with Gasteiger partial charge in [0, 0.05) is 28.2 Å². The Hall–Kier alpha value is -2.69. The Morgan fingerprint density at radius 3 is 2.55 bits per heavy atom. The third kappa shape index (κ3) is 4.84. The zero-order valence-corrected chi connectivity index (χ0v) is 16.8. The number of fused-ring (bicyclic) bond motifs is 1. The molecule has 150 valence electrons. The molecule has 0 bridgehead atoms. The van der Waals surface area contributed by atoms with Crippen LogP contribution in [0.2, 0.25) is 0 Å². The van der Waals surface area contributed by atoms with Crippen molar-refractivity contribution in [2.45, 2.75) is 31.9 Å². The molecule has 2 heterocycles. The van der Waals surface area contributed by atoms with Crippen LogP contribution >= 0.6 is 0 Å². The quantitative estimate of drug-likeness (QED) is 0.482. The highest BCUT2D eigenvalue weighted by atomic mass is 16.3.